The van der Waals surface area contributed by atoms with Gasteiger partial charge in [0, 0.05) is 5.56 Å². The van der Waals surface area contributed by atoms with Crippen LogP contribution in [0.4, 0.5) is 13.6 Å². The number of carbonyl (C=O) groups is 2. The van der Waals surface area contributed by atoms with E-state index < -0.39 is 41.8 Å². The Kier molecular flexibility index (Phi) is 3.60. The molecule has 1 aliphatic carbocycles. The third-order valence-corrected chi connectivity index (χ3v) is 4.38. The molecule has 22 heavy (non-hydrogen) atoms. The summed E-state index contributed by atoms with van der Waals surface area (Å²) in [5.74, 6) is -1.87. The third kappa shape index (κ3) is 2.35. The van der Waals surface area contributed by atoms with E-state index in [2.05, 4.69) is 5.32 Å². The smallest absolute Gasteiger partial charge is 0.325 e. The van der Waals surface area contributed by atoms with E-state index in [-0.39, 0.29) is 5.56 Å². The molecule has 0 radical (unpaired) electrons. The van der Waals surface area contributed by atoms with E-state index in [0.29, 0.717) is 12.8 Å². The Morgan fingerprint density at radius 1 is 1.27 bits per heavy atom. The molecular formula is C15H16F2N2O3. The first-order valence-corrected chi connectivity index (χ1v) is 7.20. The summed E-state index contributed by atoms with van der Waals surface area (Å²) in [6.45, 7) is -0.396. The number of amides is 3. The van der Waals surface area contributed by atoms with E-state index in [4.69, 9.17) is 0 Å². The topological polar surface area (TPSA) is 69.6 Å². The standard InChI is InChI=1S/C15H16F2N2O3/c16-9-3-4-11(17)10(7-9)12(20)8-19-13(21)15(18-14(19)22)5-1-2-6-15/h3-4,7,12,20H,1-2,5-6,8H2,(H,18,22). The second-order valence-electron chi connectivity index (χ2n) is 5.82. The Labute approximate surface area is 125 Å². The Hall–Kier alpha value is -2.02. The highest BCUT2D eigenvalue weighted by Crippen LogP contribution is 2.35. The Morgan fingerprint density at radius 2 is 1.95 bits per heavy atom. The maximum Gasteiger partial charge on any atom is 0.325 e. The highest BCUT2D eigenvalue weighted by molar-refractivity contribution is 6.07. The fourth-order valence-corrected chi connectivity index (χ4v) is 3.20. The predicted octanol–water partition coefficient (Wildman–Crippen LogP) is 1.86. The summed E-state index contributed by atoms with van der Waals surface area (Å²) in [7, 11) is 0. The van der Waals surface area contributed by atoms with E-state index in [0.717, 1.165) is 35.9 Å². The maximum absolute atomic E-state index is 13.7. The van der Waals surface area contributed by atoms with Gasteiger partial charge in [0.1, 0.15) is 23.3 Å². The van der Waals surface area contributed by atoms with Gasteiger partial charge in [0.2, 0.25) is 0 Å². The highest BCUT2D eigenvalue weighted by atomic mass is 19.1. The molecule has 2 N–H and O–H groups in total. The van der Waals surface area contributed by atoms with Crippen molar-refractivity contribution in [3.63, 3.8) is 0 Å². The molecule has 1 aromatic carbocycles. The van der Waals surface area contributed by atoms with Gasteiger partial charge in [0.15, 0.2) is 0 Å². The molecule has 118 valence electrons. The number of nitrogens with zero attached hydrogens (tertiary/aromatic N) is 1. The maximum atomic E-state index is 13.7. The zero-order valence-corrected chi connectivity index (χ0v) is 11.8. The van der Waals surface area contributed by atoms with Gasteiger partial charge in [-0.05, 0) is 31.0 Å². The number of nitrogens with one attached hydrogen (secondary N) is 1. The summed E-state index contributed by atoms with van der Waals surface area (Å²) >= 11 is 0. The van der Waals surface area contributed by atoms with E-state index in [1.807, 2.05) is 0 Å². The molecule has 2 fully saturated rings. The number of rotatable bonds is 3. The van der Waals surface area contributed by atoms with Crippen LogP contribution in [-0.4, -0.2) is 34.0 Å². The lowest BCUT2D eigenvalue weighted by molar-refractivity contribution is -0.132. The van der Waals surface area contributed by atoms with Crippen LogP contribution in [0.2, 0.25) is 0 Å². The summed E-state index contributed by atoms with van der Waals surface area (Å²) in [4.78, 5) is 25.3. The number of carbonyl (C=O) groups excluding carboxylic acids is 2. The molecule has 7 heteroatoms. The quantitative estimate of drug-likeness (QED) is 0.837. The van der Waals surface area contributed by atoms with Crippen molar-refractivity contribution < 1.29 is 23.5 Å². The van der Waals surface area contributed by atoms with Gasteiger partial charge in [-0.25, -0.2) is 13.6 Å². The van der Waals surface area contributed by atoms with Gasteiger partial charge in [-0.3, -0.25) is 9.69 Å². The van der Waals surface area contributed by atoms with Gasteiger partial charge in [-0.15, -0.1) is 0 Å². The summed E-state index contributed by atoms with van der Waals surface area (Å²) in [5, 5.41) is 12.7. The molecule has 1 saturated carbocycles. The fourth-order valence-electron chi connectivity index (χ4n) is 3.20. The minimum absolute atomic E-state index is 0.270. The van der Waals surface area contributed by atoms with Gasteiger partial charge < -0.3 is 10.4 Å². The highest BCUT2D eigenvalue weighted by Gasteiger charge is 2.52. The molecule has 0 aromatic heterocycles. The number of urea groups is 1. The van der Waals surface area contributed by atoms with Crippen molar-refractivity contribution in [3.05, 3.63) is 35.4 Å². The number of hydrogen-bond acceptors (Lipinski definition) is 3. The van der Waals surface area contributed by atoms with Crippen LogP contribution < -0.4 is 5.32 Å². The van der Waals surface area contributed by atoms with Crippen LogP contribution in [0.25, 0.3) is 0 Å². The van der Waals surface area contributed by atoms with Gasteiger partial charge in [-0.1, -0.05) is 12.8 Å². The molecule has 5 nitrogen and oxygen atoms in total. The summed E-state index contributed by atoms with van der Waals surface area (Å²) in [5.41, 5.74) is -1.15. The largest absolute Gasteiger partial charge is 0.386 e. The minimum Gasteiger partial charge on any atom is -0.386 e. The molecule has 1 aliphatic heterocycles. The number of halogens is 2. The Bertz CT molecular complexity index is 629. The SMILES string of the molecule is O=C1NC2(CCCC2)C(=O)N1CC(O)c1cc(F)ccc1F. The molecule has 0 bridgehead atoms. The summed E-state index contributed by atoms with van der Waals surface area (Å²) in [6, 6.07) is 2.11. The van der Waals surface area contributed by atoms with Crippen LogP contribution in [0.1, 0.15) is 37.4 Å². The Balaban J connectivity index is 1.79. The first-order valence-electron chi connectivity index (χ1n) is 7.20. The van der Waals surface area contributed by atoms with Crippen molar-refractivity contribution in [2.45, 2.75) is 37.3 Å². The molecule has 1 unspecified atom stereocenters. The molecule has 1 aromatic rings. The molecule has 2 aliphatic rings. The zero-order valence-electron chi connectivity index (χ0n) is 11.8. The number of aliphatic hydroxyl groups is 1. The summed E-state index contributed by atoms with van der Waals surface area (Å²) < 4.78 is 26.8. The number of β-amino-alcohol motifs (C(OH)–C–C–N with tert-alkyl or cyclic N) is 1. The molecule has 1 spiro atoms. The lowest BCUT2D eigenvalue weighted by Gasteiger charge is -2.21. The van der Waals surface area contributed by atoms with E-state index >= 15 is 0 Å². The number of aliphatic hydroxyl groups excluding tert-OH is 1. The van der Waals surface area contributed by atoms with Crippen molar-refractivity contribution in [2.24, 2.45) is 0 Å². The third-order valence-electron chi connectivity index (χ3n) is 4.38. The number of imide groups is 1. The monoisotopic (exact) mass is 310 g/mol. The second kappa shape index (κ2) is 5.31. The first kappa shape index (κ1) is 14.9. The van der Waals surface area contributed by atoms with Gasteiger partial charge >= 0.3 is 6.03 Å². The van der Waals surface area contributed by atoms with Crippen LogP contribution in [0.5, 0.6) is 0 Å². The predicted molar refractivity (Wildman–Crippen MR) is 72.8 cm³/mol. The van der Waals surface area contributed by atoms with Crippen LogP contribution >= 0.6 is 0 Å². The lowest BCUT2D eigenvalue weighted by Crippen LogP contribution is -2.44. The van der Waals surface area contributed by atoms with Gasteiger partial charge in [0.25, 0.3) is 5.91 Å². The average Bonchev–Trinajstić information content (AvgIpc) is 3.03. The van der Waals surface area contributed by atoms with Gasteiger partial charge in [-0.2, -0.15) is 0 Å². The molecule has 1 atom stereocenters. The minimum atomic E-state index is -1.47. The van der Waals surface area contributed by atoms with Crippen LogP contribution in [0, 0.1) is 11.6 Å². The van der Waals surface area contributed by atoms with Crippen LogP contribution in [0.15, 0.2) is 18.2 Å². The van der Waals surface area contributed by atoms with Crippen molar-refractivity contribution in [1.29, 1.82) is 0 Å². The average molecular weight is 310 g/mol. The summed E-state index contributed by atoms with van der Waals surface area (Å²) in [6.07, 6.45) is 1.36. The number of hydrogen-bond donors (Lipinski definition) is 2. The van der Waals surface area contributed by atoms with E-state index in [1.54, 1.807) is 0 Å². The molecular weight excluding hydrogens is 294 g/mol. The number of benzene rings is 1. The molecule has 1 heterocycles. The van der Waals surface area contributed by atoms with E-state index in [9.17, 15) is 23.5 Å². The van der Waals surface area contributed by atoms with Crippen molar-refractivity contribution in [3.8, 4) is 0 Å². The van der Waals surface area contributed by atoms with Crippen LogP contribution in [-0.2, 0) is 4.79 Å². The lowest BCUT2D eigenvalue weighted by atomic mass is 9.98. The van der Waals surface area contributed by atoms with Gasteiger partial charge in [0.05, 0.1) is 6.54 Å². The molecule has 3 amide bonds. The second-order valence-corrected chi connectivity index (χ2v) is 5.82. The van der Waals surface area contributed by atoms with Crippen molar-refractivity contribution in [2.75, 3.05) is 6.54 Å². The molecule has 1 saturated heterocycles. The van der Waals surface area contributed by atoms with Crippen LogP contribution in [0.3, 0.4) is 0 Å². The first-order chi connectivity index (χ1) is 10.4. The molecule has 3 rings (SSSR count). The fraction of sp³-hybridized carbons (Fsp3) is 0.467. The zero-order chi connectivity index (χ0) is 15.9. The van der Waals surface area contributed by atoms with E-state index in [1.165, 1.54) is 0 Å². The normalized spacial score (nSPS) is 21.5. The van der Waals surface area contributed by atoms with Crippen molar-refractivity contribution in [1.82, 2.24) is 10.2 Å². The van der Waals surface area contributed by atoms with Crippen molar-refractivity contribution >= 4 is 11.9 Å². The Morgan fingerprint density at radius 3 is 2.64 bits per heavy atom.